The van der Waals surface area contributed by atoms with Crippen LogP contribution in [0.15, 0.2) is 24.4 Å². The molecule has 1 aliphatic rings. The van der Waals surface area contributed by atoms with Gasteiger partial charge in [0, 0.05) is 36.3 Å². The van der Waals surface area contributed by atoms with Crippen molar-refractivity contribution in [1.82, 2.24) is 9.88 Å². The van der Waals surface area contributed by atoms with E-state index in [1.54, 1.807) is 6.92 Å². The summed E-state index contributed by atoms with van der Waals surface area (Å²) in [6, 6.07) is 4.40. The number of rotatable bonds is 5. The standard InChI is InChI=1S/C19H23N3O5/c1-3-13-6-4-5-9-21(13)18(23)12(2)27-19(24)16-11-20-17-10-14(22(25)26)7-8-15(16)17/h7-8,10-13,20H,3-6,9H2,1-2H3/t12-,13-/m1/s1. The Kier molecular flexibility index (Phi) is 5.43. The summed E-state index contributed by atoms with van der Waals surface area (Å²) in [6.07, 6.45) is 4.50. The van der Waals surface area contributed by atoms with Gasteiger partial charge in [-0.3, -0.25) is 14.9 Å². The second kappa shape index (κ2) is 7.77. The highest BCUT2D eigenvalue weighted by atomic mass is 16.6. The van der Waals surface area contributed by atoms with Crippen LogP contribution in [-0.4, -0.2) is 45.4 Å². The van der Waals surface area contributed by atoms with Crippen molar-refractivity contribution in [3.05, 3.63) is 40.1 Å². The highest BCUT2D eigenvalue weighted by molar-refractivity contribution is 6.05. The molecule has 1 N–H and O–H groups in total. The number of esters is 1. The summed E-state index contributed by atoms with van der Waals surface area (Å²) in [6.45, 7) is 4.33. The van der Waals surface area contributed by atoms with E-state index in [2.05, 4.69) is 11.9 Å². The maximum Gasteiger partial charge on any atom is 0.341 e. The second-order valence-corrected chi connectivity index (χ2v) is 6.83. The topological polar surface area (TPSA) is 106 Å². The van der Waals surface area contributed by atoms with E-state index in [0.717, 1.165) is 25.7 Å². The van der Waals surface area contributed by atoms with Crippen molar-refractivity contribution < 1.29 is 19.2 Å². The predicted molar refractivity (Wildman–Crippen MR) is 99.5 cm³/mol. The summed E-state index contributed by atoms with van der Waals surface area (Å²) >= 11 is 0. The molecule has 2 aromatic rings. The number of amides is 1. The van der Waals surface area contributed by atoms with E-state index in [1.165, 1.54) is 24.4 Å². The van der Waals surface area contributed by atoms with Crippen LogP contribution in [0.3, 0.4) is 0 Å². The quantitative estimate of drug-likeness (QED) is 0.491. The number of nitro benzene ring substituents is 1. The number of nitrogens with zero attached hydrogens (tertiary/aromatic N) is 2. The number of aromatic amines is 1. The molecule has 8 heteroatoms. The van der Waals surface area contributed by atoms with E-state index in [0.29, 0.717) is 17.4 Å². The number of benzene rings is 1. The van der Waals surface area contributed by atoms with Gasteiger partial charge >= 0.3 is 5.97 Å². The third kappa shape index (κ3) is 3.79. The summed E-state index contributed by atoms with van der Waals surface area (Å²) in [7, 11) is 0. The van der Waals surface area contributed by atoms with Gasteiger partial charge in [-0.1, -0.05) is 6.92 Å². The van der Waals surface area contributed by atoms with Crippen molar-refractivity contribution in [3.8, 4) is 0 Å². The van der Waals surface area contributed by atoms with Crippen LogP contribution in [0.4, 0.5) is 5.69 Å². The van der Waals surface area contributed by atoms with E-state index < -0.39 is 17.0 Å². The molecule has 144 valence electrons. The molecule has 27 heavy (non-hydrogen) atoms. The van der Waals surface area contributed by atoms with Crippen LogP contribution in [0.5, 0.6) is 0 Å². The lowest BCUT2D eigenvalue weighted by atomic mass is 9.99. The molecule has 1 fully saturated rings. The Morgan fingerprint density at radius 3 is 2.89 bits per heavy atom. The first-order chi connectivity index (χ1) is 12.9. The van der Waals surface area contributed by atoms with Crippen molar-refractivity contribution in [2.75, 3.05) is 6.54 Å². The van der Waals surface area contributed by atoms with Crippen LogP contribution in [0, 0.1) is 10.1 Å². The molecular weight excluding hydrogens is 350 g/mol. The summed E-state index contributed by atoms with van der Waals surface area (Å²) in [4.78, 5) is 40.3. The van der Waals surface area contributed by atoms with Gasteiger partial charge in [-0.05, 0) is 38.7 Å². The number of likely N-dealkylation sites (tertiary alicyclic amines) is 1. The second-order valence-electron chi connectivity index (χ2n) is 6.83. The molecule has 0 radical (unpaired) electrons. The van der Waals surface area contributed by atoms with Crippen molar-refractivity contribution >= 4 is 28.5 Å². The third-order valence-corrected chi connectivity index (χ3v) is 5.11. The van der Waals surface area contributed by atoms with Gasteiger partial charge in [0.1, 0.15) is 0 Å². The van der Waals surface area contributed by atoms with Crippen molar-refractivity contribution in [1.29, 1.82) is 0 Å². The number of piperidine rings is 1. The fraction of sp³-hybridized carbons (Fsp3) is 0.474. The Hall–Kier alpha value is -2.90. The minimum Gasteiger partial charge on any atom is -0.449 e. The minimum atomic E-state index is -0.882. The first-order valence-electron chi connectivity index (χ1n) is 9.19. The van der Waals surface area contributed by atoms with E-state index in [9.17, 15) is 19.7 Å². The number of ether oxygens (including phenoxy) is 1. The van der Waals surface area contributed by atoms with Crippen LogP contribution in [-0.2, 0) is 9.53 Å². The molecule has 0 saturated carbocycles. The van der Waals surface area contributed by atoms with Gasteiger partial charge in [-0.25, -0.2) is 4.79 Å². The lowest BCUT2D eigenvalue weighted by molar-refractivity contribution is -0.384. The Labute approximate surface area is 156 Å². The molecule has 0 aliphatic carbocycles. The first-order valence-corrected chi connectivity index (χ1v) is 9.19. The van der Waals surface area contributed by atoms with Crippen LogP contribution in [0.1, 0.15) is 49.9 Å². The summed E-state index contributed by atoms with van der Waals surface area (Å²) in [5, 5.41) is 11.4. The molecule has 1 aromatic heterocycles. The molecular formula is C19H23N3O5. The summed E-state index contributed by atoms with van der Waals surface area (Å²) in [5.74, 6) is -0.800. The molecule has 1 amide bonds. The largest absolute Gasteiger partial charge is 0.449 e. The monoisotopic (exact) mass is 373 g/mol. The molecule has 1 aliphatic heterocycles. The zero-order valence-corrected chi connectivity index (χ0v) is 15.4. The van der Waals surface area contributed by atoms with Crippen LogP contribution in [0.2, 0.25) is 0 Å². The third-order valence-electron chi connectivity index (χ3n) is 5.11. The van der Waals surface area contributed by atoms with Gasteiger partial charge in [0.2, 0.25) is 0 Å². The molecule has 2 atom stereocenters. The number of nitro groups is 1. The van der Waals surface area contributed by atoms with E-state index >= 15 is 0 Å². The Balaban J connectivity index is 1.73. The maximum absolute atomic E-state index is 12.7. The number of carbonyl (C=O) groups is 2. The number of carbonyl (C=O) groups excluding carboxylic acids is 2. The molecule has 1 aromatic carbocycles. The number of H-pyrrole nitrogens is 1. The number of hydrogen-bond acceptors (Lipinski definition) is 5. The van der Waals surface area contributed by atoms with Crippen LogP contribution >= 0.6 is 0 Å². The molecule has 0 bridgehead atoms. The average Bonchev–Trinajstić information content (AvgIpc) is 3.10. The molecule has 3 rings (SSSR count). The minimum absolute atomic E-state index is 0.0662. The van der Waals surface area contributed by atoms with E-state index in [-0.39, 0.29) is 23.2 Å². The van der Waals surface area contributed by atoms with Crippen molar-refractivity contribution in [2.24, 2.45) is 0 Å². The lowest BCUT2D eigenvalue weighted by Gasteiger charge is -2.36. The fourth-order valence-electron chi connectivity index (χ4n) is 3.62. The normalized spacial score (nSPS) is 18.3. The zero-order chi connectivity index (χ0) is 19.6. The van der Waals surface area contributed by atoms with Gasteiger partial charge in [-0.15, -0.1) is 0 Å². The number of aromatic nitrogens is 1. The fourth-order valence-corrected chi connectivity index (χ4v) is 3.62. The Morgan fingerprint density at radius 1 is 1.41 bits per heavy atom. The molecule has 0 spiro atoms. The molecule has 0 unspecified atom stereocenters. The van der Waals surface area contributed by atoms with Gasteiger partial charge in [0.15, 0.2) is 6.10 Å². The molecule has 8 nitrogen and oxygen atoms in total. The maximum atomic E-state index is 12.7. The predicted octanol–water partition coefficient (Wildman–Crippen LogP) is 3.41. The van der Waals surface area contributed by atoms with Gasteiger partial charge in [0.25, 0.3) is 11.6 Å². The number of fused-ring (bicyclic) bond motifs is 1. The number of nitrogens with one attached hydrogen (secondary N) is 1. The average molecular weight is 373 g/mol. The molecule has 2 heterocycles. The Morgan fingerprint density at radius 2 is 2.19 bits per heavy atom. The number of non-ortho nitro benzene ring substituents is 1. The van der Waals surface area contributed by atoms with Gasteiger partial charge in [-0.2, -0.15) is 0 Å². The Bertz CT molecular complexity index is 875. The van der Waals surface area contributed by atoms with Crippen molar-refractivity contribution in [2.45, 2.75) is 51.7 Å². The highest BCUT2D eigenvalue weighted by Crippen LogP contribution is 2.25. The zero-order valence-electron chi connectivity index (χ0n) is 15.4. The molecule has 1 saturated heterocycles. The summed E-state index contributed by atoms with van der Waals surface area (Å²) < 4.78 is 5.40. The highest BCUT2D eigenvalue weighted by Gasteiger charge is 2.31. The van der Waals surface area contributed by atoms with Crippen LogP contribution in [0.25, 0.3) is 10.9 Å². The van der Waals surface area contributed by atoms with Gasteiger partial charge in [0.05, 0.1) is 16.0 Å². The smallest absolute Gasteiger partial charge is 0.341 e. The van der Waals surface area contributed by atoms with Gasteiger partial charge < -0.3 is 14.6 Å². The first kappa shape index (κ1) is 18.9. The van der Waals surface area contributed by atoms with E-state index in [1.807, 2.05) is 4.90 Å². The summed E-state index contributed by atoms with van der Waals surface area (Å²) in [5.41, 5.74) is 0.658. The van der Waals surface area contributed by atoms with E-state index in [4.69, 9.17) is 4.74 Å². The van der Waals surface area contributed by atoms with Crippen LogP contribution < -0.4 is 0 Å². The lowest BCUT2D eigenvalue weighted by Crippen LogP contribution is -2.48. The number of hydrogen-bond donors (Lipinski definition) is 1. The van der Waals surface area contributed by atoms with Crippen molar-refractivity contribution in [3.63, 3.8) is 0 Å². The SMILES string of the molecule is CC[C@@H]1CCCCN1C(=O)[C@@H](C)OC(=O)c1c[nH]c2cc([N+](=O)[O-])ccc12.